The molecule has 0 unspecified atom stereocenters. The number of hydrogen-bond acceptors (Lipinski definition) is 5. The van der Waals surface area contributed by atoms with E-state index in [1.54, 1.807) is 22.4 Å². The van der Waals surface area contributed by atoms with E-state index >= 15 is 0 Å². The Morgan fingerprint density at radius 3 is 2.58 bits per heavy atom. The molecule has 1 amide bonds. The summed E-state index contributed by atoms with van der Waals surface area (Å²) in [4.78, 5) is 17.4. The van der Waals surface area contributed by atoms with Gasteiger partial charge in [-0.1, -0.05) is 24.3 Å². The van der Waals surface area contributed by atoms with Crippen LogP contribution in [0.4, 0.5) is 5.69 Å². The first-order chi connectivity index (χ1) is 15.0. The summed E-state index contributed by atoms with van der Waals surface area (Å²) >= 11 is 1.23. The molecule has 0 bridgehead atoms. The molecule has 0 spiro atoms. The van der Waals surface area contributed by atoms with Crippen molar-refractivity contribution in [2.45, 2.75) is 42.9 Å². The third-order valence-corrected chi connectivity index (χ3v) is 9.53. The third-order valence-electron chi connectivity index (χ3n) is 6.29. The highest BCUT2D eigenvalue weighted by Crippen LogP contribution is 2.29. The van der Waals surface area contributed by atoms with Crippen molar-refractivity contribution < 1.29 is 13.2 Å². The van der Waals surface area contributed by atoms with Gasteiger partial charge in [0.2, 0.25) is 5.91 Å². The number of piperidine rings is 2. The molecule has 31 heavy (non-hydrogen) atoms. The van der Waals surface area contributed by atoms with Crippen molar-refractivity contribution in [3.05, 3.63) is 47.3 Å². The fraction of sp³-hybridized carbons (Fsp3) is 0.522. The van der Waals surface area contributed by atoms with Gasteiger partial charge in [0.1, 0.15) is 4.21 Å². The van der Waals surface area contributed by atoms with Crippen LogP contribution in [0.3, 0.4) is 0 Å². The summed E-state index contributed by atoms with van der Waals surface area (Å²) in [6.45, 7) is 3.40. The van der Waals surface area contributed by atoms with E-state index in [0.29, 0.717) is 23.7 Å². The minimum atomic E-state index is -3.52. The Kier molecular flexibility index (Phi) is 6.99. The molecule has 2 fully saturated rings. The van der Waals surface area contributed by atoms with Crippen molar-refractivity contribution in [3.8, 4) is 0 Å². The summed E-state index contributed by atoms with van der Waals surface area (Å²) in [6, 6.07) is 11.7. The molecule has 2 aliphatic heterocycles. The number of nitrogens with zero attached hydrogens (tertiary/aromatic N) is 3. The molecule has 8 heteroatoms. The van der Waals surface area contributed by atoms with Gasteiger partial charge in [0, 0.05) is 45.5 Å². The Labute approximate surface area is 189 Å². The van der Waals surface area contributed by atoms with Crippen LogP contribution in [0, 0.1) is 5.92 Å². The van der Waals surface area contributed by atoms with Gasteiger partial charge in [0.25, 0.3) is 10.0 Å². The van der Waals surface area contributed by atoms with Gasteiger partial charge >= 0.3 is 0 Å². The van der Waals surface area contributed by atoms with Crippen molar-refractivity contribution in [2.75, 3.05) is 38.1 Å². The number of amides is 1. The molecule has 0 aliphatic carbocycles. The van der Waals surface area contributed by atoms with Crippen LogP contribution in [0.15, 0.2) is 46.0 Å². The minimum Gasteiger partial charge on any atom is -0.371 e. The largest absolute Gasteiger partial charge is 0.371 e. The lowest BCUT2D eigenvalue weighted by atomic mass is 9.98. The van der Waals surface area contributed by atoms with Crippen LogP contribution >= 0.6 is 11.3 Å². The summed E-state index contributed by atoms with van der Waals surface area (Å²) < 4.78 is 27.6. The van der Waals surface area contributed by atoms with Gasteiger partial charge in [-0.15, -0.1) is 11.3 Å². The maximum Gasteiger partial charge on any atom is 0.252 e. The van der Waals surface area contributed by atoms with Crippen molar-refractivity contribution in [1.29, 1.82) is 0 Å². The molecule has 2 saturated heterocycles. The Bertz CT molecular complexity index is 985. The second kappa shape index (κ2) is 9.71. The molecule has 2 aromatic rings. The Morgan fingerprint density at radius 2 is 1.84 bits per heavy atom. The molecule has 6 nitrogen and oxygen atoms in total. The van der Waals surface area contributed by atoms with Gasteiger partial charge in [-0.05, 0) is 55.2 Å². The monoisotopic (exact) mass is 461 g/mol. The first kappa shape index (κ1) is 22.3. The van der Waals surface area contributed by atoms with Crippen LogP contribution in [0.1, 0.15) is 37.7 Å². The van der Waals surface area contributed by atoms with E-state index < -0.39 is 10.0 Å². The summed E-state index contributed by atoms with van der Waals surface area (Å²) in [5.41, 5.74) is 2.37. The number of hydrogen-bond donors (Lipinski definition) is 0. The highest BCUT2D eigenvalue weighted by atomic mass is 32.2. The first-order valence-corrected chi connectivity index (χ1v) is 13.4. The summed E-state index contributed by atoms with van der Waals surface area (Å²) in [5.74, 6) is -0.268. The first-order valence-electron chi connectivity index (χ1n) is 11.1. The molecule has 2 aliphatic rings. The van der Waals surface area contributed by atoms with Crippen molar-refractivity contribution >= 4 is 33.0 Å². The molecule has 1 atom stereocenters. The van der Waals surface area contributed by atoms with Gasteiger partial charge in [0.15, 0.2) is 0 Å². The van der Waals surface area contributed by atoms with E-state index in [-0.39, 0.29) is 18.4 Å². The van der Waals surface area contributed by atoms with E-state index in [1.165, 1.54) is 40.6 Å². The maximum atomic E-state index is 13.2. The van der Waals surface area contributed by atoms with Gasteiger partial charge in [0.05, 0.1) is 5.92 Å². The number of carbonyl (C=O) groups is 1. The molecule has 0 N–H and O–H groups in total. The number of para-hydroxylation sites is 1. The number of anilines is 1. The zero-order chi connectivity index (χ0) is 21.8. The summed E-state index contributed by atoms with van der Waals surface area (Å²) in [5, 5.41) is 1.77. The van der Waals surface area contributed by atoms with Crippen LogP contribution in [-0.2, 0) is 21.4 Å². The van der Waals surface area contributed by atoms with Crippen LogP contribution in [0.25, 0.3) is 0 Å². The summed E-state index contributed by atoms with van der Waals surface area (Å²) in [6.07, 6.45) is 5.13. The lowest BCUT2D eigenvalue weighted by molar-refractivity contribution is -0.135. The lowest BCUT2D eigenvalue weighted by Crippen LogP contribution is -2.45. The van der Waals surface area contributed by atoms with Crippen molar-refractivity contribution in [3.63, 3.8) is 0 Å². The summed E-state index contributed by atoms with van der Waals surface area (Å²) in [7, 11) is -1.68. The SMILES string of the molecule is CN(Cc1ccccc1N1CCCCC1)C(=O)[C@H]1CCCN(S(=O)(=O)c2cccs2)C1. The minimum absolute atomic E-state index is 0.0273. The van der Waals surface area contributed by atoms with E-state index in [1.807, 2.05) is 13.1 Å². The van der Waals surface area contributed by atoms with Gasteiger partial charge in [-0.25, -0.2) is 8.42 Å². The number of rotatable bonds is 6. The number of carbonyl (C=O) groups excluding carboxylic acids is 1. The quantitative estimate of drug-likeness (QED) is 0.657. The van der Waals surface area contributed by atoms with Gasteiger partial charge < -0.3 is 9.80 Å². The van der Waals surface area contributed by atoms with Crippen LogP contribution < -0.4 is 4.90 Å². The highest BCUT2D eigenvalue weighted by Gasteiger charge is 2.35. The predicted molar refractivity (Wildman–Crippen MR) is 125 cm³/mol. The molecule has 4 rings (SSSR count). The average Bonchev–Trinajstić information content (AvgIpc) is 3.35. The zero-order valence-corrected chi connectivity index (χ0v) is 19.7. The van der Waals surface area contributed by atoms with E-state index in [2.05, 4.69) is 23.1 Å². The van der Waals surface area contributed by atoms with Crippen LogP contribution in [0.2, 0.25) is 0 Å². The fourth-order valence-electron chi connectivity index (χ4n) is 4.63. The molecular weight excluding hydrogens is 430 g/mol. The van der Waals surface area contributed by atoms with Gasteiger partial charge in [-0.2, -0.15) is 4.31 Å². The molecule has 1 aromatic heterocycles. The average molecular weight is 462 g/mol. The Hall–Kier alpha value is -1.90. The Balaban J connectivity index is 1.44. The van der Waals surface area contributed by atoms with E-state index in [9.17, 15) is 13.2 Å². The molecule has 168 valence electrons. The Morgan fingerprint density at radius 1 is 1.06 bits per heavy atom. The second-order valence-corrected chi connectivity index (χ2v) is 11.6. The number of benzene rings is 1. The van der Waals surface area contributed by atoms with Gasteiger partial charge in [-0.3, -0.25) is 4.79 Å². The molecule has 0 radical (unpaired) electrons. The molecule has 0 saturated carbocycles. The lowest BCUT2D eigenvalue weighted by Gasteiger charge is -2.34. The second-order valence-electron chi connectivity index (χ2n) is 8.51. The van der Waals surface area contributed by atoms with E-state index in [4.69, 9.17) is 0 Å². The molecular formula is C23H31N3O3S2. The zero-order valence-electron chi connectivity index (χ0n) is 18.1. The molecule has 1 aromatic carbocycles. The third kappa shape index (κ3) is 4.96. The number of sulfonamides is 1. The maximum absolute atomic E-state index is 13.2. The fourth-order valence-corrected chi connectivity index (χ4v) is 7.30. The van der Waals surface area contributed by atoms with E-state index in [0.717, 1.165) is 25.1 Å². The normalized spacial score (nSPS) is 20.5. The van der Waals surface area contributed by atoms with Crippen LogP contribution in [0.5, 0.6) is 0 Å². The highest BCUT2D eigenvalue weighted by molar-refractivity contribution is 7.91. The topological polar surface area (TPSA) is 60.9 Å². The van der Waals surface area contributed by atoms with Crippen molar-refractivity contribution in [2.24, 2.45) is 5.92 Å². The smallest absolute Gasteiger partial charge is 0.252 e. The number of thiophene rings is 1. The predicted octanol–water partition coefficient (Wildman–Crippen LogP) is 3.80. The van der Waals surface area contributed by atoms with Crippen molar-refractivity contribution in [1.82, 2.24) is 9.21 Å². The van der Waals surface area contributed by atoms with Crippen LogP contribution in [-0.4, -0.2) is 56.8 Å². The molecule has 3 heterocycles. The standard InChI is InChI=1S/C23H31N3O3S2/c1-24(17-19-9-3-4-11-21(19)25-13-5-2-6-14-25)23(27)20-10-7-15-26(18-20)31(28,29)22-12-8-16-30-22/h3-4,8-9,11-12,16,20H,2,5-7,10,13-15,17-18H2,1H3/t20-/m0/s1.